The van der Waals surface area contributed by atoms with Gasteiger partial charge in [-0.15, -0.1) is 0 Å². The number of pyridine rings is 1. The summed E-state index contributed by atoms with van der Waals surface area (Å²) in [7, 11) is 0. The van der Waals surface area contributed by atoms with Crippen LogP contribution in [0.15, 0.2) is 58.3 Å². The number of carbonyl (C=O) groups excluding carboxylic acids is 1. The van der Waals surface area contributed by atoms with Gasteiger partial charge in [0.15, 0.2) is 0 Å². The summed E-state index contributed by atoms with van der Waals surface area (Å²) in [6.45, 7) is 3.92. The van der Waals surface area contributed by atoms with Crippen molar-refractivity contribution in [1.29, 1.82) is 0 Å². The van der Waals surface area contributed by atoms with Crippen molar-refractivity contribution in [3.63, 3.8) is 0 Å². The fourth-order valence-corrected chi connectivity index (χ4v) is 3.70. The molecule has 28 heavy (non-hydrogen) atoms. The molecule has 4 heterocycles. The van der Waals surface area contributed by atoms with Gasteiger partial charge >= 0.3 is 0 Å². The van der Waals surface area contributed by atoms with Crippen molar-refractivity contribution in [1.82, 2.24) is 20.3 Å². The Morgan fingerprint density at radius 2 is 2.21 bits per heavy atom. The topological polar surface area (TPSA) is 82.4 Å². The van der Waals surface area contributed by atoms with Gasteiger partial charge in [-0.2, -0.15) is 0 Å². The standard InChI is InChI=1S/C20H20N6O2/c1-13-8-17(26-20(24-13)22-12-23-26)18-11-25(6-7-28-18)19(27)15-9-14-4-2-3-5-16(14)21-10-15/h2-5,8-10,18,23H,6-7,11-12H2,1H3. The summed E-state index contributed by atoms with van der Waals surface area (Å²) in [5.41, 5.74) is 6.46. The number of allylic oxidation sites excluding steroid dienone is 1. The van der Waals surface area contributed by atoms with Gasteiger partial charge in [0, 0.05) is 23.8 Å². The number of aliphatic imine (C=N–C) groups is 2. The molecule has 0 spiro atoms. The summed E-state index contributed by atoms with van der Waals surface area (Å²) in [6.07, 6.45) is 3.39. The van der Waals surface area contributed by atoms with Gasteiger partial charge in [-0.3, -0.25) is 9.78 Å². The van der Waals surface area contributed by atoms with E-state index in [9.17, 15) is 4.79 Å². The van der Waals surface area contributed by atoms with Gasteiger partial charge in [-0.05, 0) is 25.1 Å². The van der Waals surface area contributed by atoms with Crippen molar-refractivity contribution in [2.75, 3.05) is 26.4 Å². The summed E-state index contributed by atoms with van der Waals surface area (Å²) >= 11 is 0. The van der Waals surface area contributed by atoms with Crippen molar-refractivity contribution in [2.24, 2.45) is 9.98 Å². The van der Waals surface area contributed by atoms with E-state index in [2.05, 4.69) is 20.4 Å². The molecule has 3 aliphatic heterocycles. The molecule has 1 fully saturated rings. The number of carbonyl (C=O) groups is 1. The van der Waals surface area contributed by atoms with E-state index >= 15 is 0 Å². The van der Waals surface area contributed by atoms with E-state index in [4.69, 9.17) is 4.74 Å². The number of nitrogens with one attached hydrogen (secondary N) is 1. The molecule has 3 aliphatic rings. The Hall–Kier alpha value is -3.10. The SMILES string of the molecule is CC1=NC2=NCNN2C(C2CN(C(=O)c3cnc4ccccc4c3)CCO2)=C1. The average Bonchev–Trinajstić information content (AvgIpc) is 3.20. The zero-order chi connectivity index (χ0) is 19.1. The third-order valence-electron chi connectivity index (χ3n) is 5.06. The lowest BCUT2D eigenvalue weighted by Crippen LogP contribution is -2.51. The maximum Gasteiger partial charge on any atom is 0.255 e. The maximum absolute atomic E-state index is 13.1. The lowest BCUT2D eigenvalue weighted by Gasteiger charge is -2.37. The Bertz CT molecular complexity index is 1040. The smallest absolute Gasteiger partial charge is 0.255 e. The van der Waals surface area contributed by atoms with Crippen LogP contribution in [0.1, 0.15) is 17.3 Å². The molecule has 1 amide bonds. The largest absolute Gasteiger partial charge is 0.368 e. The third-order valence-corrected chi connectivity index (χ3v) is 5.06. The fourth-order valence-electron chi connectivity index (χ4n) is 3.70. The highest BCUT2D eigenvalue weighted by molar-refractivity contribution is 6.05. The van der Waals surface area contributed by atoms with Gasteiger partial charge in [-0.1, -0.05) is 18.2 Å². The number of amides is 1. The monoisotopic (exact) mass is 376 g/mol. The first-order valence-electron chi connectivity index (χ1n) is 9.30. The molecule has 8 nitrogen and oxygen atoms in total. The van der Waals surface area contributed by atoms with Crippen LogP contribution in [0.3, 0.4) is 0 Å². The second-order valence-corrected chi connectivity index (χ2v) is 6.96. The number of fused-ring (bicyclic) bond motifs is 2. The molecule has 1 saturated heterocycles. The number of hydrazine groups is 1. The number of morpholine rings is 1. The van der Waals surface area contributed by atoms with E-state index in [1.165, 1.54) is 0 Å². The van der Waals surface area contributed by atoms with Gasteiger partial charge in [0.25, 0.3) is 5.91 Å². The molecule has 2 aromatic rings. The van der Waals surface area contributed by atoms with Crippen LogP contribution in [0.25, 0.3) is 10.9 Å². The molecule has 1 aromatic carbocycles. The minimum atomic E-state index is -0.243. The van der Waals surface area contributed by atoms with E-state index < -0.39 is 0 Å². The van der Waals surface area contributed by atoms with E-state index in [0.29, 0.717) is 37.9 Å². The third kappa shape index (κ3) is 2.96. The molecule has 8 heteroatoms. The number of hydrogen-bond donors (Lipinski definition) is 1. The molecule has 142 valence electrons. The van der Waals surface area contributed by atoms with E-state index in [0.717, 1.165) is 22.3 Å². The second-order valence-electron chi connectivity index (χ2n) is 6.96. The predicted octanol–water partition coefficient (Wildman–Crippen LogP) is 1.57. The summed E-state index contributed by atoms with van der Waals surface area (Å²) in [4.78, 5) is 28.1. The van der Waals surface area contributed by atoms with Crippen LogP contribution < -0.4 is 5.43 Å². The highest BCUT2D eigenvalue weighted by Crippen LogP contribution is 2.23. The van der Waals surface area contributed by atoms with E-state index in [1.807, 2.05) is 53.2 Å². The van der Waals surface area contributed by atoms with E-state index in [-0.39, 0.29) is 12.0 Å². The van der Waals surface area contributed by atoms with Crippen LogP contribution in [0.2, 0.25) is 0 Å². The average molecular weight is 376 g/mol. The summed E-state index contributed by atoms with van der Waals surface area (Å²) in [5.74, 6) is 0.609. The van der Waals surface area contributed by atoms with Crippen LogP contribution in [0.4, 0.5) is 0 Å². The molecular formula is C20H20N6O2. The number of nitrogens with zero attached hydrogens (tertiary/aromatic N) is 5. The lowest BCUT2D eigenvalue weighted by atomic mass is 10.1. The first-order valence-corrected chi connectivity index (χ1v) is 9.30. The fraction of sp³-hybridized carbons (Fsp3) is 0.300. The first-order chi connectivity index (χ1) is 13.7. The van der Waals surface area contributed by atoms with Gasteiger partial charge < -0.3 is 9.64 Å². The van der Waals surface area contributed by atoms with Gasteiger partial charge in [0.05, 0.1) is 29.9 Å². The molecule has 0 aliphatic carbocycles. The number of aromatic nitrogens is 1. The minimum Gasteiger partial charge on any atom is -0.368 e. The van der Waals surface area contributed by atoms with Crippen molar-refractivity contribution >= 4 is 28.5 Å². The zero-order valence-corrected chi connectivity index (χ0v) is 15.5. The van der Waals surface area contributed by atoms with Gasteiger partial charge in [-0.25, -0.2) is 20.4 Å². The minimum absolute atomic E-state index is 0.0309. The van der Waals surface area contributed by atoms with Crippen LogP contribution in [0.5, 0.6) is 0 Å². The quantitative estimate of drug-likeness (QED) is 0.860. The molecular weight excluding hydrogens is 356 g/mol. The maximum atomic E-state index is 13.1. The molecule has 0 saturated carbocycles. The highest BCUT2D eigenvalue weighted by Gasteiger charge is 2.34. The number of guanidine groups is 1. The normalized spacial score (nSPS) is 21.9. The first kappa shape index (κ1) is 17.0. The van der Waals surface area contributed by atoms with Crippen molar-refractivity contribution in [2.45, 2.75) is 13.0 Å². The summed E-state index contributed by atoms with van der Waals surface area (Å²) < 4.78 is 5.99. The number of benzene rings is 1. The van der Waals surface area contributed by atoms with Gasteiger partial charge in [0.1, 0.15) is 12.8 Å². The molecule has 0 bridgehead atoms. The molecule has 0 radical (unpaired) electrons. The molecule has 1 aromatic heterocycles. The Balaban J connectivity index is 1.38. The lowest BCUT2D eigenvalue weighted by molar-refractivity contribution is -0.0138. The molecule has 5 rings (SSSR count). The number of rotatable bonds is 2. The summed E-state index contributed by atoms with van der Waals surface area (Å²) in [5, 5.41) is 2.81. The Labute approximate surface area is 162 Å². The van der Waals surface area contributed by atoms with Crippen molar-refractivity contribution in [3.05, 3.63) is 53.9 Å². The van der Waals surface area contributed by atoms with Crippen molar-refractivity contribution < 1.29 is 9.53 Å². The van der Waals surface area contributed by atoms with Crippen LogP contribution >= 0.6 is 0 Å². The van der Waals surface area contributed by atoms with E-state index in [1.54, 1.807) is 6.20 Å². The molecule has 1 atom stereocenters. The zero-order valence-electron chi connectivity index (χ0n) is 15.5. The second kappa shape index (κ2) is 6.81. The van der Waals surface area contributed by atoms with Crippen LogP contribution in [-0.2, 0) is 4.74 Å². The van der Waals surface area contributed by atoms with Crippen molar-refractivity contribution in [3.8, 4) is 0 Å². The predicted molar refractivity (Wildman–Crippen MR) is 106 cm³/mol. The Morgan fingerprint density at radius 3 is 3.14 bits per heavy atom. The molecule has 1 N–H and O–H groups in total. The number of hydrogen-bond acceptors (Lipinski definition) is 7. The van der Waals surface area contributed by atoms with Gasteiger partial charge in [0.2, 0.25) is 5.96 Å². The van der Waals surface area contributed by atoms with Crippen LogP contribution in [-0.4, -0.2) is 64.9 Å². The summed E-state index contributed by atoms with van der Waals surface area (Å²) in [6, 6.07) is 9.70. The molecule has 1 unspecified atom stereocenters. The van der Waals surface area contributed by atoms with Crippen LogP contribution in [0, 0.1) is 0 Å². The highest BCUT2D eigenvalue weighted by atomic mass is 16.5. The Kier molecular flexibility index (Phi) is 4.14. The Morgan fingerprint density at radius 1 is 1.32 bits per heavy atom. The number of ether oxygens (including phenoxy) is 1. The number of para-hydroxylation sites is 1.